The molecular weight excluding hydrogens is 336 g/mol. The average molecular weight is 355 g/mol. The molecule has 1 aliphatic heterocycles. The Bertz CT molecular complexity index is 868. The summed E-state index contributed by atoms with van der Waals surface area (Å²) in [6.07, 6.45) is 1.78. The standard InChI is InChI=1S/C21H19ClOS/c1-14-5-7-15(8-6-14)12-21(2)13-16-10-17(22)11-18(20(16)23-21)19-4-3-9-24-19/h3-11H,12-13H2,1-2H3. The molecule has 0 radical (unpaired) electrons. The molecule has 1 aromatic heterocycles. The first-order valence-corrected chi connectivity index (χ1v) is 9.39. The Morgan fingerprint density at radius 3 is 2.67 bits per heavy atom. The highest BCUT2D eigenvalue weighted by atomic mass is 35.5. The van der Waals surface area contributed by atoms with Gasteiger partial charge in [0.2, 0.25) is 0 Å². The van der Waals surface area contributed by atoms with Crippen LogP contribution in [0.3, 0.4) is 0 Å². The molecule has 3 heteroatoms. The van der Waals surface area contributed by atoms with E-state index >= 15 is 0 Å². The lowest BCUT2D eigenvalue weighted by atomic mass is 9.91. The van der Waals surface area contributed by atoms with Gasteiger partial charge in [0.15, 0.2) is 0 Å². The molecule has 0 spiro atoms. The van der Waals surface area contributed by atoms with Crippen LogP contribution in [0.2, 0.25) is 5.02 Å². The molecule has 0 amide bonds. The fourth-order valence-corrected chi connectivity index (χ4v) is 4.42. The van der Waals surface area contributed by atoms with E-state index in [0.717, 1.165) is 29.2 Å². The third-order valence-electron chi connectivity index (χ3n) is 4.53. The maximum absolute atomic E-state index is 6.49. The molecule has 24 heavy (non-hydrogen) atoms. The second kappa shape index (κ2) is 5.94. The van der Waals surface area contributed by atoms with E-state index < -0.39 is 0 Å². The fourth-order valence-electron chi connectivity index (χ4n) is 3.44. The van der Waals surface area contributed by atoms with Crippen molar-refractivity contribution in [3.8, 4) is 16.2 Å². The molecule has 2 heterocycles. The minimum atomic E-state index is -0.228. The lowest BCUT2D eigenvalue weighted by Crippen LogP contribution is -2.32. The number of benzene rings is 2. The number of fused-ring (bicyclic) bond motifs is 1. The number of ether oxygens (including phenoxy) is 1. The molecule has 3 aromatic rings. The SMILES string of the molecule is Cc1ccc(CC2(C)Cc3cc(Cl)cc(-c4cccs4)c3O2)cc1. The summed E-state index contributed by atoms with van der Waals surface area (Å²) in [5.74, 6) is 0.997. The van der Waals surface area contributed by atoms with Crippen LogP contribution in [0.25, 0.3) is 10.4 Å². The zero-order valence-electron chi connectivity index (χ0n) is 13.8. The van der Waals surface area contributed by atoms with Gasteiger partial charge in [-0.15, -0.1) is 11.3 Å². The number of rotatable bonds is 3. The van der Waals surface area contributed by atoms with Crippen LogP contribution >= 0.6 is 22.9 Å². The quantitative estimate of drug-likeness (QED) is 0.535. The second-order valence-corrected chi connectivity index (χ2v) is 8.19. The van der Waals surface area contributed by atoms with Crippen LogP contribution < -0.4 is 4.74 Å². The summed E-state index contributed by atoms with van der Waals surface area (Å²) in [4.78, 5) is 1.20. The minimum Gasteiger partial charge on any atom is -0.486 e. The second-order valence-electron chi connectivity index (χ2n) is 6.81. The Kier molecular flexibility index (Phi) is 3.90. The Morgan fingerprint density at radius 1 is 1.17 bits per heavy atom. The van der Waals surface area contributed by atoms with Crippen molar-refractivity contribution in [3.63, 3.8) is 0 Å². The highest BCUT2D eigenvalue weighted by Gasteiger charge is 2.37. The van der Waals surface area contributed by atoms with Crippen molar-refractivity contribution in [2.45, 2.75) is 32.3 Å². The molecule has 122 valence electrons. The lowest BCUT2D eigenvalue weighted by molar-refractivity contribution is 0.117. The van der Waals surface area contributed by atoms with Crippen molar-refractivity contribution >= 4 is 22.9 Å². The summed E-state index contributed by atoms with van der Waals surface area (Å²) in [5, 5.41) is 2.86. The van der Waals surface area contributed by atoms with Gasteiger partial charge in [0, 0.05) is 33.9 Å². The summed E-state index contributed by atoms with van der Waals surface area (Å²) in [7, 11) is 0. The Hall–Kier alpha value is -1.77. The Balaban J connectivity index is 1.68. The first-order chi connectivity index (χ1) is 11.5. The molecule has 0 saturated heterocycles. The molecule has 0 bridgehead atoms. The first kappa shape index (κ1) is 15.7. The zero-order valence-corrected chi connectivity index (χ0v) is 15.4. The maximum Gasteiger partial charge on any atom is 0.132 e. The van der Waals surface area contributed by atoms with Gasteiger partial charge in [-0.2, -0.15) is 0 Å². The van der Waals surface area contributed by atoms with E-state index in [9.17, 15) is 0 Å². The smallest absolute Gasteiger partial charge is 0.132 e. The van der Waals surface area contributed by atoms with E-state index in [1.165, 1.54) is 21.6 Å². The van der Waals surface area contributed by atoms with Gasteiger partial charge in [-0.25, -0.2) is 0 Å². The van der Waals surface area contributed by atoms with E-state index in [1.807, 2.05) is 12.1 Å². The normalized spacial score (nSPS) is 19.1. The first-order valence-electron chi connectivity index (χ1n) is 8.13. The summed E-state index contributed by atoms with van der Waals surface area (Å²) >= 11 is 8.08. The number of hydrogen-bond donors (Lipinski definition) is 0. The van der Waals surface area contributed by atoms with Gasteiger partial charge in [0.25, 0.3) is 0 Å². The molecular formula is C21H19ClOS. The molecule has 0 fully saturated rings. The number of thiophene rings is 1. The van der Waals surface area contributed by atoms with Crippen LogP contribution in [0.4, 0.5) is 0 Å². The fraction of sp³-hybridized carbons (Fsp3) is 0.238. The zero-order chi connectivity index (χ0) is 16.7. The Labute approximate surface area is 151 Å². The molecule has 2 aromatic carbocycles. The van der Waals surface area contributed by atoms with Crippen LogP contribution in [0.5, 0.6) is 5.75 Å². The highest BCUT2D eigenvalue weighted by Crippen LogP contribution is 2.46. The predicted molar refractivity (Wildman–Crippen MR) is 102 cm³/mol. The molecule has 1 nitrogen and oxygen atoms in total. The summed E-state index contributed by atoms with van der Waals surface area (Å²) in [5.41, 5.74) is 4.68. The highest BCUT2D eigenvalue weighted by molar-refractivity contribution is 7.13. The van der Waals surface area contributed by atoms with Crippen molar-refractivity contribution in [2.24, 2.45) is 0 Å². The summed E-state index contributed by atoms with van der Waals surface area (Å²) in [6.45, 7) is 4.31. The van der Waals surface area contributed by atoms with Crippen molar-refractivity contribution < 1.29 is 4.74 Å². The molecule has 0 N–H and O–H groups in total. The number of halogens is 1. The van der Waals surface area contributed by atoms with Gasteiger partial charge in [-0.1, -0.05) is 47.5 Å². The van der Waals surface area contributed by atoms with E-state index in [4.69, 9.17) is 16.3 Å². The summed E-state index contributed by atoms with van der Waals surface area (Å²) < 4.78 is 6.49. The van der Waals surface area contributed by atoms with Crippen molar-refractivity contribution in [2.75, 3.05) is 0 Å². The van der Waals surface area contributed by atoms with E-state index in [2.05, 4.69) is 55.6 Å². The van der Waals surface area contributed by atoms with Gasteiger partial charge < -0.3 is 4.74 Å². The topological polar surface area (TPSA) is 9.23 Å². The molecule has 0 aliphatic carbocycles. The van der Waals surface area contributed by atoms with Gasteiger partial charge in [-0.05, 0) is 43.0 Å². The third kappa shape index (κ3) is 2.97. The number of aryl methyl sites for hydroxylation is 1. The summed E-state index contributed by atoms with van der Waals surface area (Å²) in [6, 6.07) is 17.0. The number of hydrogen-bond acceptors (Lipinski definition) is 2. The molecule has 1 unspecified atom stereocenters. The molecule has 4 rings (SSSR count). The lowest BCUT2D eigenvalue weighted by Gasteiger charge is -2.24. The third-order valence-corrected chi connectivity index (χ3v) is 5.65. The van der Waals surface area contributed by atoms with E-state index in [-0.39, 0.29) is 5.60 Å². The van der Waals surface area contributed by atoms with Crippen LogP contribution in [-0.2, 0) is 12.8 Å². The van der Waals surface area contributed by atoms with Gasteiger partial charge in [-0.3, -0.25) is 0 Å². The van der Waals surface area contributed by atoms with Crippen LogP contribution in [0.15, 0.2) is 53.9 Å². The van der Waals surface area contributed by atoms with Crippen molar-refractivity contribution in [3.05, 3.63) is 75.6 Å². The van der Waals surface area contributed by atoms with Crippen LogP contribution in [0, 0.1) is 6.92 Å². The monoisotopic (exact) mass is 354 g/mol. The largest absolute Gasteiger partial charge is 0.486 e. The molecule has 0 saturated carbocycles. The molecule has 1 aliphatic rings. The van der Waals surface area contributed by atoms with E-state index in [1.54, 1.807) is 11.3 Å². The van der Waals surface area contributed by atoms with Crippen molar-refractivity contribution in [1.82, 2.24) is 0 Å². The Morgan fingerprint density at radius 2 is 1.96 bits per heavy atom. The average Bonchev–Trinajstić information content (AvgIpc) is 3.16. The van der Waals surface area contributed by atoms with Crippen LogP contribution in [0.1, 0.15) is 23.6 Å². The maximum atomic E-state index is 6.49. The van der Waals surface area contributed by atoms with Crippen molar-refractivity contribution in [1.29, 1.82) is 0 Å². The van der Waals surface area contributed by atoms with Gasteiger partial charge in [0.05, 0.1) is 0 Å². The van der Waals surface area contributed by atoms with E-state index in [0.29, 0.717) is 0 Å². The van der Waals surface area contributed by atoms with Crippen LogP contribution in [-0.4, -0.2) is 5.60 Å². The minimum absolute atomic E-state index is 0.228. The molecule has 1 atom stereocenters. The van der Waals surface area contributed by atoms with Gasteiger partial charge in [0.1, 0.15) is 11.4 Å². The van der Waals surface area contributed by atoms with Gasteiger partial charge >= 0.3 is 0 Å². The predicted octanol–water partition coefficient (Wildman–Crippen LogP) is 6.31.